The van der Waals surface area contributed by atoms with Crippen molar-refractivity contribution in [3.8, 4) is 5.88 Å². The summed E-state index contributed by atoms with van der Waals surface area (Å²) in [6.07, 6.45) is -3.18. The number of carbonyl (C=O) groups is 1. The number of benzene rings is 1. The fraction of sp³-hybridized carbons (Fsp3) is 0.333. The highest BCUT2D eigenvalue weighted by Gasteiger charge is 2.35. The number of halogens is 4. The van der Waals surface area contributed by atoms with Crippen LogP contribution in [0, 0.1) is 12.7 Å². The van der Waals surface area contributed by atoms with Gasteiger partial charge in [0.25, 0.3) is 5.91 Å². The van der Waals surface area contributed by atoms with Crippen LogP contribution in [-0.4, -0.2) is 38.4 Å². The van der Waals surface area contributed by atoms with E-state index in [1.807, 2.05) is 27.7 Å². The molecule has 36 heavy (non-hydrogen) atoms. The van der Waals surface area contributed by atoms with Gasteiger partial charge >= 0.3 is 6.18 Å². The fourth-order valence-electron chi connectivity index (χ4n) is 3.72. The van der Waals surface area contributed by atoms with Gasteiger partial charge in [0.15, 0.2) is 0 Å². The van der Waals surface area contributed by atoms with E-state index in [9.17, 15) is 22.4 Å². The van der Waals surface area contributed by atoms with Gasteiger partial charge in [-0.1, -0.05) is 27.7 Å². The largest absolute Gasteiger partial charge is 0.474 e. The van der Waals surface area contributed by atoms with E-state index < -0.39 is 23.6 Å². The van der Waals surface area contributed by atoms with E-state index in [1.54, 1.807) is 11.3 Å². The molecular weight excluding hydrogens is 480 g/mol. The molecule has 2 N–H and O–H groups in total. The first kappa shape index (κ1) is 26.6. The molecule has 0 atom stereocenters. The van der Waals surface area contributed by atoms with Crippen LogP contribution in [0.4, 0.5) is 29.1 Å². The van der Waals surface area contributed by atoms with Gasteiger partial charge in [-0.2, -0.15) is 13.2 Å². The second-order valence-corrected chi connectivity index (χ2v) is 7.19. The Morgan fingerprint density at radius 2 is 1.81 bits per heavy atom. The molecule has 4 heterocycles. The molecule has 0 radical (unpaired) electrons. The molecular formula is C24H26F4N6O2. The molecule has 0 saturated carbocycles. The molecule has 1 aliphatic heterocycles. The molecule has 1 aromatic carbocycles. The Balaban J connectivity index is 0.000000861. The van der Waals surface area contributed by atoms with Crippen molar-refractivity contribution in [2.24, 2.45) is 0 Å². The van der Waals surface area contributed by atoms with Crippen molar-refractivity contribution in [3.63, 3.8) is 0 Å². The van der Waals surface area contributed by atoms with E-state index in [1.165, 1.54) is 12.4 Å². The summed E-state index contributed by atoms with van der Waals surface area (Å²) in [5.41, 5.74) is 6.31. The smallest absolute Gasteiger partial charge is 0.433 e. The summed E-state index contributed by atoms with van der Waals surface area (Å²) in [6, 6.07) is 4.23. The maximum atomic E-state index is 14.9. The van der Waals surface area contributed by atoms with Crippen LogP contribution in [0.1, 0.15) is 49.4 Å². The van der Waals surface area contributed by atoms with Crippen LogP contribution in [0.25, 0.3) is 16.6 Å². The van der Waals surface area contributed by atoms with Gasteiger partial charge in [-0.3, -0.25) is 14.1 Å². The van der Waals surface area contributed by atoms with Crippen LogP contribution in [-0.2, 0) is 6.18 Å². The number of hydrogen-bond donors (Lipinski definition) is 1. The summed E-state index contributed by atoms with van der Waals surface area (Å²) in [4.78, 5) is 26.2. The van der Waals surface area contributed by atoms with Gasteiger partial charge in [0.05, 0.1) is 28.8 Å². The number of hydrogen-bond acceptors (Lipinski definition) is 6. The van der Waals surface area contributed by atoms with Crippen LogP contribution >= 0.6 is 0 Å². The predicted molar refractivity (Wildman–Crippen MR) is 129 cm³/mol. The van der Waals surface area contributed by atoms with Gasteiger partial charge in [0.2, 0.25) is 5.88 Å². The first-order chi connectivity index (χ1) is 17.1. The highest BCUT2D eigenvalue weighted by molar-refractivity contribution is 6.08. The first-order valence-electron chi connectivity index (χ1n) is 11.4. The number of pyridine rings is 1. The summed E-state index contributed by atoms with van der Waals surface area (Å²) < 4.78 is 60.6. The van der Waals surface area contributed by atoms with Crippen molar-refractivity contribution in [1.29, 1.82) is 0 Å². The molecule has 8 nitrogen and oxygen atoms in total. The third kappa shape index (κ3) is 4.62. The van der Waals surface area contributed by atoms with Crippen LogP contribution in [0.5, 0.6) is 5.88 Å². The molecule has 1 amide bonds. The molecule has 3 aromatic heterocycles. The number of nitrogens with two attached hydrogens (primary N) is 1. The summed E-state index contributed by atoms with van der Waals surface area (Å²) in [5, 5.41) is 0. The molecule has 0 aliphatic carbocycles. The topological polar surface area (TPSA) is 98.6 Å². The number of imidazole rings is 1. The van der Waals surface area contributed by atoms with Crippen LogP contribution in [0.3, 0.4) is 0 Å². The molecule has 0 unspecified atom stereocenters. The Morgan fingerprint density at radius 1 is 1.11 bits per heavy atom. The van der Waals surface area contributed by atoms with Crippen molar-refractivity contribution in [3.05, 3.63) is 53.4 Å². The zero-order chi connectivity index (χ0) is 26.8. The standard InChI is InChI=1S/C20H14F4N6O2.2C2H6/c1-9-16-17(25)27-12-7-11(21)10(6-14(12)30(16)8-26-9)19(31)29-4-5-32-18-13(29)2-3-15(28-18)20(22,23)24;2*1-2/h2-3,6-8H,4-5H2,1H3,(H2,25,27);2*1-2H3. The van der Waals surface area contributed by atoms with Crippen LogP contribution in [0.2, 0.25) is 0 Å². The number of aryl methyl sites for hydroxylation is 1. The lowest BCUT2D eigenvalue weighted by atomic mass is 10.1. The number of carbonyl (C=O) groups excluding carboxylic acids is 1. The van der Waals surface area contributed by atoms with E-state index in [2.05, 4.69) is 15.0 Å². The number of anilines is 2. The van der Waals surface area contributed by atoms with Crippen molar-refractivity contribution in [2.45, 2.75) is 40.8 Å². The summed E-state index contributed by atoms with van der Waals surface area (Å²) in [5.74, 6) is -1.78. The molecule has 12 heteroatoms. The molecule has 0 bridgehead atoms. The molecule has 4 aromatic rings. The van der Waals surface area contributed by atoms with Gasteiger partial charge in [-0.15, -0.1) is 0 Å². The third-order valence-corrected chi connectivity index (χ3v) is 5.21. The monoisotopic (exact) mass is 506 g/mol. The molecule has 0 spiro atoms. The van der Waals surface area contributed by atoms with E-state index >= 15 is 0 Å². The second-order valence-electron chi connectivity index (χ2n) is 7.19. The number of amides is 1. The lowest BCUT2D eigenvalue weighted by molar-refractivity contribution is -0.141. The molecule has 192 valence electrons. The number of nitrogens with zero attached hydrogens (tertiary/aromatic N) is 5. The average molecular weight is 507 g/mol. The maximum Gasteiger partial charge on any atom is 0.433 e. The summed E-state index contributed by atoms with van der Waals surface area (Å²) >= 11 is 0. The van der Waals surface area contributed by atoms with Gasteiger partial charge < -0.3 is 10.5 Å². The molecule has 5 rings (SSSR count). The number of ether oxygens (including phenoxy) is 1. The van der Waals surface area contributed by atoms with Crippen molar-refractivity contribution in [2.75, 3.05) is 23.8 Å². The van der Waals surface area contributed by atoms with Crippen molar-refractivity contribution < 1.29 is 27.1 Å². The zero-order valence-electron chi connectivity index (χ0n) is 20.4. The van der Waals surface area contributed by atoms with E-state index in [0.29, 0.717) is 16.7 Å². The van der Waals surface area contributed by atoms with E-state index in [-0.39, 0.29) is 41.6 Å². The minimum Gasteiger partial charge on any atom is -0.474 e. The fourth-order valence-corrected chi connectivity index (χ4v) is 3.72. The number of nitrogen functional groups attached to an aromatic ring is 1. The number of rotatable bonds is 1. The minimum atomic E-state index is -4.67. The van der Waals surface area contributed by atoms with Gasteiger partial charge in [-0.05, 0) is 25.1 Å². The highest BCUT2D eigenvalue weighted by atomic mass is 19.4. The average Bonchev–Trinajstić information content (AvgIpc) is 3.27. The number of alkyl halides is 3. The second kappa shape index (κ2) is 10.3. The lowest BCUT2D eigenvalue weighted by Crippen LogP contribution is -2.39. The predicted octanol–water partition coefficient (Wildman–Crippen LogP) is 5.42. The molecule has 1 aliphatic rings. The van der Waals surface area contributed by atoms with E-state index in [0.717, 1.165) is 23.1 Å². The van der Waals surface area contributed by atoms with Crippen molar-refractivity contribution >= 4 is 34.0 Å². The van der Waals surface area contributed by atoms with Crippen LogP contribution < -0.4 is 15.4 Å². The normalized spacial score (nSPS) is 12.8. The van der Waals surface area contributed by atoms with Crippen LogP contribution in [0.15, 0.2) is 30.6 Å². The Labute approximate surface area is 204 Å². The minimum absolute atomic E-state index is 0.00986. The number of aromatic nitrogens is 4. The maximum absolute atomic E-state index is 14.9. The van der Waals surface area contributed by atoms with E-state index in [4.69, 9.17) is 10.5 Å². The Hall–Kier alpha value is -3.96. The van der Waals surface area contributed by atoms with Gasteiger partial charge in [0, 0.05) is 6.07 Å². The van der Waals surface area contributed by atoms with Gasteiger partial charge in [-0.25, -0.2) is 19.3 Å². The summed E-state index contributed by atoms with van der Waals surface area (Å²) in [6.45, 7) is 9.66. The third-order valence-electron chi connectivity index (χ3n) is 5.21. The molecule has 0 fully saturated rings. The first-order valence-corrected chi connectivity index (χ1v) is 11.4. The SMILES string of the molecule is CC.CC.Cc1ncn2c1c(N)nc1cc(F)c(C(=O)N3CCOc4nc(C(F)(F)F)ccc43)cc12. The van der Waals surface area contributed by atoms with Crippen molar-refractivity contribution in [1.82, 2.24) is 19.4 Å². The Bertz CT molecular complexity index is 1420. The molecule has 0 saturated heterocycles. The Kier molecular flexibility index (Phi) is 7.65. The van der Waals surface area contributed by atoms with Gasteiger partial charge in [0.1, 0.15) is 41.5 Å². The lowest BCUT2D eigenvalue weighted by Gasteiger charge is -2.29. The zero-order valence-corrected chi connectivity index (χ0v) is 20.4. The summed E-state index contributed by atoms with van der Waals surface area (Å²) in [7, 11) is 0. The Morgan fingerprint density at radius 3 is 2.47 bits per heavy atom. The number of fused-ring (bicyclic) bond motifs is 4. The quantitative estimate of drug-likeness (QED) is 0.346. The highest BCUT2D eigenvalue weighted by Crippen LogP contribution is 2.36.